The third-order valence-corrected chi connectivity index (χ3v) is 5.05. The number of hydrogen-bond donors (Lipinski definition) is 0. The lowest BCUT2D eigenvalue weighted by atomic mass is 10.1. The molecule has 20 heavy (non-hydrogen) atoms. The maximum absolute atomic E-state index is 12.6. The van der Waals surface area contributed by atoms with E-state index >= 15 is 0 Å². The van der Waals surface area contributed by atoms with Crippen LogP contribution in [0.5, 0.6) is 0 Å². The van der Waals surface area contributed by atoms with E-state index in [1.54, 1.807) is 16.2 Å². The third kappa shape index (κ3) is 2.73. The molecule has 0 radical (unpaired) electrons. The number of likely N-dealkylation sites (tertiary alicyclic amines) is 2. The van der Waals surface area contributed by atoms with Crippen molar-refractivity contribution in [2.24, 2.45) is 0 Å². The predicted octanol–water partition coefficient (Wildman–Crippen LogP) is 2.25. The molecule has 2 aliphatic rings. The van der Waals surface area contributed by atoms with Crippen molar-refractivity contribution in [1.29, 1.82) is 0 Å². The minimum absolute atomic E-state index is 0.119. The van der Waals surface area contributed by atoms with E-state index in [-0.39, 0.29) is 17.9 Å². The SMILES string of the molecule is O=C(C1CCC(=O)N1Cc1cccs1)N1CCCCC1. The molecule has 2 fully saturated rings. The second kappa shape index (κ2) is 5.95. The summed E-state index contributed by atoms with van der Waals surface area (Å²) >= 11 is 1.64. The normalized spacial score (nSPS) is 23.4. The van der Waals surface area contributed by atoms with E-state index in [1.165, 1.54) is 6.42 Å². The van der Waals surface area contributed by atoms with Gasteiger partial charge in [0.2, 0.25) is 11.8 Å². The van der Waals surface area contributed by atoms with Crippen molar-refractivity contribution >= 4 is 23.2 Å². The summed E-state index contributed by atoms with van der Waals surface area (Å²) in [6.07, 6.45) is 4.59. The molecule has 1 aromatic heterocycles. The van der Waals surface area contributed by atoms with Gasteiger partial charge in [0.25, 0.3) is 0 Å². The third-order valence-electron chi connectivity index (χ3n) is 4.19. The van der Waals surface area contributed by atoms with Crippen LogP contribution in [-0.4, -0.2) is 40.7 Å². The van der Waals surface area contributed by atoms with Crippen LogP contribution in [0, 0.1) is 0 Å². The van der Waals surface area contributed by atoms with Gasteiger partial charge in [0.15, 0.2) is 0 Å². The molecule has 0 aliphatic carbocycles. The summed E-state index contributed by atoms with van der Waals surface area (Å²) in [5.74, 6) is 0.279. The molecule has 108 valence electrons. The number of carbonyl (C=O) groups excluding carboxylic acids is 2. The van der Waals surface area contributed by atoms with E-state index in [1.807, 2.05) is 22.4 Å². The zero-order valence-corrected chi connectivity index (χ0v) is 12.4. The molecule has 1 atom stereocenters. The lowest BCUT2D eigenvalue weighted by molar-refractivity contribution is -0.142. The molecular weight excluding hydrogens is 272 g/mol. The topological polar surface area (TPSA) is 40.6 Å². The fourth-order valence-corrected chi connectivity index (χ4v) is 3.79. The van der Waals surface area contributed by atoms with E-state index < -0.39 is 0 Å². The van der Waals surface area contributed by atoms with Gasteiger partial charge in [-0.25, -0.2) is 0 Å². The number of carbonyl (C=O) groups is 2. The smallest absolute Gasteiger partial charge is 0.245 e. The van der Waals surface area contributed by atoms with Gasteiger partial charge in [0, 0.05) is 24.4 Å². The summed E-state index contributed by atoms with van der Waals surface area (Å²) in [6.45, 7) is 2.30. The van der Waals surface area contributed by atoms with Gasteiger partial charge < -0.3 is 9.80 Å². The summed E-state index contributed by atoms with van der Waals surface area (Å²) in [5.41, 5.74) is 0. The molecule has 0 aromatic carbocycles. The van der Waals surface area contributed by atoms with Gasteiger partial charge in [0.05, 0.1) is 6.54 Å². The van der Waals surface area contributed by atoms with Gasteiger partial charge in [-0.2, -0.15) is 0 Å². The molecular formula is C15H20N2O2S. The fourth-order valence-electron chi connectivity index (χ4n) is 3.08. The molecule has 0 spiro atoms. The number of amides is 2. The molecule has 2 amide bonds. The number of rotatable bonds is 3. The van der Waals surface area contributed by atoms with Gasteiger partial charge in [-0.15, -0.1) is 11.3 Å². The van der Waals surface area contributed by atoms with Crippen LogP contribution in [0.1, 0.15) is 37.0 Å². The van der Waals surface area contributed by atoms with Crippen molar-refractivity contribution in [2.45, 2.75) is 44.7 Å². The molecule has 4 nitrogen and oxygen atoms in total. The molecule has 2 saturated heterocycles. The Morgan fingerprint density at radius 3 is 2.80 bits per heavy atom. The van der Waals surface area contributed by atoms with E-state index in [9.17, 15) is 9.59 Å². The highest BCUT2D eigenvalue weighted by molar-refractivity contribution is 7.09. The quantitative estimate of drug-likeness (QED) is 0.857. The van der Waals surface area contributed by atoms with Crippen molar-refractivity contribution in [2.75, 3.05) is 13.1 Å². The number of piperidine rings is 1. The minimum atomic E-state index is -0.234. The summed E-state index contributed by atoms with van der Waals surface area (Å²) in [5, 5.41) is 2.01. The molecule has 3 rings (SSSR count). The number of hydrogen-bond acceptors (Lipinski definition) is 3. The second-order valence-corrected chi connectivity index (χ2v) is 6.57. The van der Waals surface area contributed by atoms with E-state index in [0.29, 0.717) is 19.4 Å². The Hall–Kier alpha value is -1.36. The van der Waals surface area contributed by atoms with Gasteiger partial charge >= 0.3 is 0 Å². The lowest BCUT2D eigenvalue weighted by Gasteiger charge is -2.32. The number of thiophene rings is 1. The minimum Gasteiger partial charge on any atom is -0.341 e. The van der Waals surface area contributed by atoms with Crippen LogP contribution in [0.15, 0.2) is 17.5 Å². The maximum Gasteiger partial charge on any atom is 0.245 e. The van der Waals surface area contributed by atoms with Crippen molar-refractivity contribution in [3.63, 3.8) is 0 Å². The molecule has 0 saturated carbocycles. The Bertz CT molecular complexity index is 480. The van der Waals surface area contributed by atoms with E-state index in [4.69, 9.17) is 0 Å². The standard InChI is InChI=1S/C15H20N2O2S/c18-14-7-6-13(15(19)16-8-2-1-3-9-16)17(14)11-12-5-4-10-20-12/h4-5,10,13H,1-3,6-9,11H2. The van der Waals surface area contributed by atoms with Crippen molar-refractivity contribution in [1.82, 2.24) is 9.80 Å². The van der Waals surface area contributed by atoms with E-state index in [2.05, 4.69) is 0 Å². The average Bonchev–Trinajstić information content (AvgIpc) is 3.11. The van der Waals surface area contributed by atoms with Crippen LogP contribution in [0.2, 0.25) is 0 Å². The zero-order chi connectivity index (χ0) is 13.9. The van der Waals surface area contributed by atoms with Gasteiger partial charge in [-0.3, -0.25) is 9.59 Å². The largest absolute Gasteiger partial charge is 0.341 e. The van der Waals surface area contributed by atoms with Crippen LogP contribution >= 0.6 is 11.3 Å². The highest BCUT2D eigenvalue weighted by Gasteiger charge is 2.38. The van der Waals surface area contributed by atoms with Crippen LogP contribution < -0.4 is 0 Å². The first-order valence-corrected chi connectivity index (χ1v) is 8.24. The Kier molecular flexibility index (Phi) is 4.05. The first-order valence-electron chi connectivity index (χ1n) is 7.36. The van der Waals surface area contributed by atoms with Gasteiger partial charge in [-0.05, 0) is 37.1 Å². The zero-order valence-electron chi connectivity index (χ0n) is 11.6. The van der Waals surface area contributed by atoms with E-state index in [0.717, 1.165) is 30.8 Å². The van der Waals surface area contributed by atoms with Gasteiger partial charge in [0.1, 0.15) is 6.04 Å². The first kappa shape index (κ1) is 13.6. The summed E-state index contributed by atoms with van der Waals surface area (Å²) in [4.78, 5) is 29.6. The Labute approximate surface area is 123 Å². The number of nitrogens with zero attached hydrogens (tertiary/aromatic N) is 2. The van der Waals surface area contributed by atoms with Crippen molar-refractivity contribution in [3.05, 3.63) is 22.4 Å². The highest BCUT2D eigenvalue weighted by atomic mass is 32.1. The molecule has 0 bridgehead atoms. The molecule has 3 heterocycles. The van der Waals surface area contributed by atoms with Crippen LogP contribution in [0.25, 0.3) is 0 Å². The molecule has 0 N–H and O–H groups in total. The monoisotopic (exact) mass is 292 g/mol. The molecule has 2 aliphatic heterocycles. The van der Waals surface area contributed by atoms with Crippen LogP contribution in [0.3, 0.4) is 0 Å². The summed E-state index contributed by atoms with van der Waals surface area (Å²) in [7, 11) is 0. The Morgan fingerprint density at radius 2 is 2.10 bits per heavy atom. The Morgan fingerprint density at radius 1 is 1.30 bits per heavy atom. The predicted molar refractivity (Wildman–Crippen MR) is 78.3 cm³/mol. The summed E-state index contributed by atoms with van der Waals surface area (Å²) < 4.78 is 0. The maximum atomic E-state index is 12.6. The first-order chi connectivity index (χ1) is 9.75. The molecule has 1 aromatic rings. The fraction of sp³-hybridized carbons (Fsp3) is 0.600. The van der Waals surface area contributed by atoms with Gasteiger partial charge in [-0.1, -0.05) is 6.07 Å². The van der Waals surface area contributed by atoms with Crippen molar-refractivity contribution < 1.29 is 9.59 Å². The molecule has 5 heteroatoms. The molecule has 1 unspecified atom stereocenters. The Balaban J connectivity index is 1.70. The van der Waals surface area contributed by atoms with Crippen molar-refractivity contribution in [3.8, 4) is 0 Å². The highest BCUT2D eigenvalue weighted by Crippen LogP contribution is 2.25. The summed E-state index contributed by atoms with van der Waals surface area (Å²) in [6, 6.07) is 3.78. The second-order valence-electron chi connectivity index (χ2n) is 5.54. The average molecular weight is 292 g/mol. The van der Waals surface area contributed by atoms with Crippen LogP contribution in [-0.2, 0) is 16.1 Å². The van der Waals surface area contributed by atoms with Crippen LogP contribution in [0.4, 0.5) is 0 Å². The lowest BCUT2D eigenvalue weighted by Crippen LogP contribution is -2.48.